The molecule has 0 aliphatic carbocycles. The third kappa shape index (κ3) is 2.79. The van der Waals surface area contributed by atoms with Crippen LogP contribution in [0.4, 0.5) is 5.69 Å². The Hall–Kier alpha value is -1.57. The first kappa shape index (κ1) is 14.8. The van der Waals surface area contributed by atoms with Gasteiger partial charge in [-0.3, -0.25) is 4.72 Å². The van der Waals surface area contributed by atoms with E-state index < -0.39 is 16.0 Å². The minimum Gasteiger partial charge on any atom is -0.477 e. The van der Waals surface area contributed by atoms with Crippen molar-refractivity contribution in [3.63, 3.8) is 0 Å². The van der Waals surface area contributed by atoms with Crippen molar-refractivity contribution < 1.29 is 18.3 Å². The highest BCUT2D eigenvalue weighted by Gasteiger charge is 2.24. The number of sulfonamides is 1. The van der Waals surface area contributed by atoms with Crippen LogP contribution in [0.15, 0.2) is 34.5 Å². The Morgan fingerprint density at radius 1 is 1.35 bits per heavy atom. The fourth-order valence-electron chi connectivity index (χ4n) is 1.58. The number of anilines is 1. The van der Waals surface area contributed by atoms with Gasteiger partial charge < -0.3 is 5.11 Å². The van der Waals surface area contributed by atoms with Crippen molar-refractivity contribution in [2.75, 3.05) is 4.72 Å². The first-order chi connectivity index (χ1) is 9.33. The van der Waals surface area contributed by atoms with Gasteiger partial charge in [-0.15, -0.1) is 11.3 Å². The summed E-state index contributed by atoms with van der Waals surface area (Å²) in [5.74, 6) is -1.27. The minimum absolute atomic E-state index is 0.225. The van der Waals surface area contributed by atoms with Crippen molar-refractivity contribution in [3.05, 3.63) is 45.1 Å². The number of hydrogen-bond acceptors (Lipinski definition) is 4. The summed E-state index contributed by atoms with van der Waals surface area (Å²) in [5.41, 5.74) is 0.893. The quantitative estimate of drug-likeness (QED) is 0.901. The molecule has 2 N–H and O–H groups in total. The van der Waals surface area contributed by atoms with Crippen LogP contribution in [0.5, 0.6) is 0 Å². The Morgan fingerprint density at radius 3 is 2.70 bits per heavy atom. The lowest BCUT2D eigenvalue weighted by atomic mass is 10.2. The van der Waals surface area contributed by atoms with Crippen molar-refractivity contribution in [1.29, 1.82) is 0 Å². The second-order valence-electron chi connectivity index (χ2n) is 3.94. The zero-order valence-electron chi connectivity index (χ0n) is 10.3. The zero-order chi connectivity index (χ0) is 14.9. The van der Waals surface area contributed by atoms with Crippen molar-refractivity contribution in [2.24, 2.45) is 0 Å². The third-order valence-electron chi connectivity index (χ3n) is 2.62. The molecule has 0 radical (unpaired) electrons. The smallest absolute Gasteiger partial charge is 0.347 e. The van der Waals surface area contributed by atoms with Crippen molar-refractivity contribution in [1.82, 2.24) is 0 Å². The van der Waals surface area contributed by atoms with Gasteiger partial charge in [-0.2, -0.15) is 0 Å². The van der Waals surface area contributed by atoms with Gasteiger partial charge in [-0.25, -0.2) is 13.2 Å². The number of benzene rings is 1. The lowest BCUT2D eigenvalue weighted by Crippen LogP contribution is -2.15. The van der Waals surface area contributed by atoms with Gasteiger partial charge in [0, 0.05) is 5.02 Å². The molecule has 0 spiro atoms. The average molecular weight is 332 g/mol. The van der Waals surface area contributed by atoms with Gasteiger partial charge in [0.15, 0.2) is 0 Å². The molecule has 0 fully saturated rings. The maximum Gasteiger partial charge on any atom is 0.347 e. The van der Waals surface area contributed by atoms with E-state index in [1.807, 2.05) is 0 Å². The second kappa shape index (κ2) is 5.43. The highest BCUT2D eigenvalue weighted by molar-refractivity contribution is 7.93. The summed E-state index contributed by atoms with van der Waals surface area (Å²) in [6, 6.07) is 6.07. The maximum atomic E-state index is 12.2. The summed E-state index contributed by atoms with van der Waals surface area (Å²) in [7, 11) is -3.96. The maximum absolute atomic E-state index is 12.2. The van der Waals surface area contributed by atoms with Gasteiger partial charge in [0.1, 0.15) is 9.77 Å². The van der Waals surface area contributed by atoms with Gasteiger partial charge in [0.25, 0.3) is 10.0 Å². The van der Waals surface area contributed by atoms with Crippen LogP contribution in [0.1, 0.15) is 15.2 Å². The van der Waals surface area contributed by atoms with E-state index in [0.717, 1.165) is 11.3 Å². The number of thiophene rings is 1. The molecule has 1 heterocycles. The van der Waals surface area contributed by atoms with Gasteiger partial charge >= 0.3 is 5.97 Å². The Labute approximate surface area is 124 Å². The van der Waals surface area contributed by atoms with Crippen molar-refractivity contribution in [2.45, 2.75) is 11.8 Å². The van der Waals surface area contributed by atoms with E-state index >= 15 is 0 Å². The number of hydrogen-bond donors (Lipinski definition) is 2. The molecule has 0 atom stereocenters. The van der Waals surface area contributed by atoms with Crippen LogP contribution in [0.2, 0.25) is 5.02 Å². The van der Waals surface area contributed by atoms with E-state index in [4.69, 9.17) is 16.7 Å². The molecule has 2 rings (SSSR count). The molecule has 2 aromatic rings. The molecule has 0 amide bonds. The topological polar surface area (TPSA) is 83.5 Å². The van der Waals surface area contributed by atoms with Crippen molar-refractivity contribution >= 4 is 44.6 Å². The zero-order valence-corrected chi connectivity index (χ0v) is 12.6. The molecule has 106 valence electrons. The van der Waals surface area contributed by atoms with Gasteiger partial charge in [-0.05, 0) is 36.1 Å². The lowest BCUT2D eigenvalue weighted by molar-refractivity contribution is 0.0698. The summed E-state index contributed by atoms with van der Waals surface area (Å²) >= 11 is 6.78. The molecule has 1 aromatic heterocycles. The molecule has 0 bridgehead atoms. The monoisotopic (exact) mass is 331 g/mol. The van der Waals surface area contributed by atoms with Gasteiger partial charge in [-0.1, -0.05) is 17.7 Å². The largest absolute Gasteiger partial charge is 0.477 e. The van der Waals surface area contributed by atoms with E-state index in [0.29, 0.717) is 16.3 Å². The normalized spacial score (nSPS) is 11.3. The number of halogens is 1. The van der Waals surface area contributed by atoms with Crippen LogP contribution >= 0.6 is 22.9 Å². The average Bonchev–Trinajstić information content (AvgIpc) is 2.85. The third-order valence-corrected chi connectivity index (χ3v) is 5.47. The molecule has 8 heteroatoms. The fraction of sp³-hybridized carbons (Fsp3) is 0.0833. The van der Waals surface area contributed by atoms with Gasteiger partial charge in [0.05, 0.1) is 5.69 Å². The van der Waals surface area contributed by atoms with E-state index in [2.05, 4.69) is 4.72 Å². The molecular formula is C12H10ClNO4S2. The Kier molecular flexibility index (Phi) is 4.03. The van der Waals surface area contributed by atoms with Crippen LogP contribution in [0, 0.1) is 6.92 Å². The second-order valence-corrected chi connectivity index (χ2v) is 6.91. The Bertz CT molecular complexity index is 768. The molecule has 0 aliphatic heterocycles. The van der Waals surface area contributed by atoms with Crippen molar-refractivity contribution in [3.8, 4) is 0 Å². The first-order valence-electron chi connectivity index (χ1n) is 5.41. The number of nitrogens with one attached hydrogen (secondary N) is 1. The molecule has 0 unspecified atom stereocenters. The highest BCUT2D eigenvalue weighted by Crippen LogP contribution is 2.28. The molecule has 20 heavy (non-hydrogen) atoms. The van der Waals surface area contributed by atoms with E-state index in [1.165, 1.54) is 11.4 Å². The summed E-state index contributed by atoms with van der Waals surface area (Å²) in [4.78, 5) is 10.5. The molecule has 0 saturated carbocycles. The molecule has 0 aliphatic rings. The minimum atomic E-state index is -3.96. The highest BCUT2D eigenvalue weighted by atomic mass is 35.5. The van der Waals surface area contributed by atoms with Crippen LogP contribution in [0.25, 0.3) is 0 Å². The summed E-state index contributed by atoms with van der Waals surface area (Å²) in [6.07, 6.45) is 0. The first-order valence-corrected chi connectivity index (χ1v) is 8.15. The molecule has 0 saturated heterocycles. The number of carboxylic acid groups (broad SMARTS) is 1. The fourth-order valence-corrected chi connectivity index (χ4v) is 4.14. The summed E-state index contributed by atoms with van der Waals surface area (Å²) in [5, 5.41) is 10.8. The Morgan fingerprint density at radius 2 is 2.05 bits per heavy atom. The lowest BCUT2D eigenvalue weighted by Gasteiger charge is -2.11. The molecular weight excluding hydrogens is 322 g/mol. The summed E-state index contributed by atoms with van der Waals surface area (Å²) < 4.78 is 26.8. The predicted molar refractivity (Wildman–Crippen MR) is 78.3 cm³/mol. The summed E-state index contributed by atoms with van der Waals surface area (Å²) in [6.45, 7) is 1.67. The van der Waals surface area contributed by atoms with Crippen LogP contribution < -0.4 is 4.72 Å². The number of aromatic carboxylic acids is 1. The SMILES string of the molecule is Cc1c(Cl)cccc1NS(=O)(=O)c1ccsc1C(=O)O. The number of carbonyl (C=O) groups is 1. The number of rotatable bonds is 4. The van der Waals surface area contributed by atoms with Crippen LogP contribution in [-0.4, -0.2) is 19.5 Å². The Balaban J connectivity index is 2.44. The standard InChI is InChI=1S/C12H10ClNO4S2/c1-7-8(13)3-2-4-9(7)14-20(17,18)10-5-6-19-11(10)12(15)16/h2-6,14H,1H3,(H,15,16). The number of carboxylic acids is 1. The van der Waals surface area contributed by atoms with Gasteiger partial charge in [0.2, 0.25) is 0 Å². The van der Waals surface area contributed by atoms with E-state index in [1.54, 1.807) is 25.1 Å². The molecule has 5 nitrogen and oxygen atoms in total. The van der Waals surface area contributed by atoms with E-state index in [-0.39, 0.29) is 9.77 Å². The molecule has 1 aromatic carbocycles. The van der Waals surface area contributed by atoms with Crippen LogP contribution in [0.3, 0.4) is 0 Å². The van der Waals surface area contributed by atoms with Crippen LogP contribution in [-0.2, 0) is 10.0 Å². The predicted octanol–water partition coefficient (Wildman–Crippen LogP) is 3.21. The van der Waals surface area contributed by atoms with E-state index in [9.17, 15) is 13.2 Å².